The molecule has 0 aromatic rings. The summed E-state index contributed by atoms with van der Waals surface area (Å²) in [6.45, 7) is 4.43. The number of hydrogen-bond acceptors (Lipinski definition) is 2. The van der Waals surface area contributed by atoms with Gasteiger partial charge in [-0.15, -0.1) is 0 Å². The minimum Gasteiger partial charge on any atom is -0.480 e. The van der Waals surface area contributed by atoms with Crippen molar-refractivity contribution in [2.45, 2.75) is 52.0 Å². The Bertz CT molecular complexity index is 159. The minimum atomic E-state index is -0.743. The molecule has 3 nitrogen and oxygen atoms in total. The van der Waals surface area contributed by atoms with Gasteiger partial charge in [0, 0.05) is 6.04 Å². The van der Waals surface area contributed by atoms with E-state index >= 15 is 0 Å². The van der Waals surface area contributed by atoms with Crippen molar-refractivity contribution in [1.29, 1.82) is 0 Å². The zero-order chi connectivity index (χ0) is 11.0. The van der Waals surface area contributed by atoms with Crippen LogP contribution in [0.25, 0.3) is 0 Å². The Morgan fingerprint density at radius 1 is 1.36 bits per heavy atom. The highest BCUT2D eigenvalue weighted by Gasteiger charge is 2.11. The van der Waals surface area contributed by atoms with Gasteiger partial charge in [-0.3, -0.25) is 9.69 Å². The summed E-state index contributed by atoms with van der Waals surface area (Å²) in [4.78, 5) is 12.3. The normalized spacial score (nSPS) is 13.1. The van der Waals surface area contributed by atoms with Crippen LogP contribution in [0.5, 0.6) is 0 Å². The summed E-state index contributed by atoms with van der Waals surface area (Å²) in [7, 11) is 1.87. The van der Waals surface area contributed by atoms with E-state index in [1.807, 2.05) is 11.9 Å². The number of unbranched alkanes of at least 4 members (excludes halogenated alkanes) is 3. The number of likely N-dealkylation sites (N-methyl/N-ethyl adjacent to an activating group) is 1. The van der Waals surface area contributed by atoms with Gasteiger partial charge in [-0.05, 0) is 20.4 Å². The average molecular weight is 201 g/mol. The molecule has 0 heterocycles. The quantitative estimate of drug-likeness (QED) is 0.613. The summed E-state index contributed by atoms with van der Waals surface area (Å²) < 4.78 is 0. The molecule has 0 aliphatic rings. The SMILES string of the molecule is CCCCCCC(C)N(C)CC(=O)O. The molecule has 0 aromatic heterocycles. The molecule has 0 rings (SSSR count). The Morgan fingerprint density at radius 3 is 2.50 bits per heavy atom. The third kappa shape index (κ3) is 6.89. The topological polar surface area (TPSA) is 40.5 Å². The maximum atomic E-state index is 10.4. The van der Waals surface area contributed by atoms with Crippen molar-refractivity contribution in [3.05, 3.63) is 0 Å². The zero-order valence-corrected chi connectivity index (χ0v) is 9.62. The first-order valence-electron chi connectivity index (χ1n) is 5.50. The van der Waals surface area contributed by atoms with Gasteiger partial charge in [0.15, 0.2) is 0 Å². The van der Waals surface area contributed by atoms with E-state index in [9.17, 15) is 4.79 Å². The Morgan fingerprint density at radius 2 is 2.00 bits per heavy atom. The lowest BCUT2D eigenvalue weighted by Crippen LogP contribution is -2.33. The van der Waals surface area contributed by atoms with Crippen molar-refractivity contribution in [2.75, 3.05) is 13.6 Å². The third-order valence-electron chi connectivity index (χ3n) is 2.61. The van der Waals surface area contributed by atoms with Crippen LogP contribution in [-0.2, 0) is 4.79 Å². The monoisotopic (exact) mass is 201 g/mol. The number of carboxylic acid groups (broad SMARTS) is 1. The Hall–Kier alpha value is -0.570. The van der Waals surface area contributed by atoms with Gasteiger partial charge in [0.05, 0.1) is 6.54 Å². The largest absolute Gasteiger partial charge is 0.480 e. The van der Waals surface area contributed by atoms with Gasteiger partial charge in [0.2, 0.25) is 0 Å². The second-order valence-electron chi connectivity index (χ2n) is 4.01. The van der Waals surface area contributed by atoms with Crippen LogP contribution in [0.15, 0.2) is 0 Å². The highest BCUT2D eigenvalue weighted by atomic mass is 16.4. The number of rotatable bonds is 8. The molecule has 3 heteroatoms. The Kier molecular flexibility index (Phi) is 7.48. The van der Waals surface area contributed by atoms with Crippen LogP contribution in [0.4, 0.5) is 0 Å². The van der Waals surface area contributed by atoms with Gasteiger partial charge in [-0.25, -0.2) is 0 Å². The lowest BCUT2D eigenvalue weighted by atomic mass is 10.1. The van der Waals surface area contributed by atoms with Crippen molar-refractivity contribution in [3.63, 3.8) is 0 Å². The molecule has 0 amide bonds. The molecule has 1 N–H and O–H groups in total. The number of carbonyl (C=O) groups is 1. The van der Waals surface area contributed by atoms with Crippen LogP contribution in [0.3, 0.4) is 0 Å². The van der Waals surface area contributed by atoms with E-state index in [0.717, 1.165) is 6.42 Å². The van der Waals surface area contributed by atoms with Gasteiger partial charge in [-0.2, -0.15) is 0 Å². The van der Waals surface area contributed by atoms with E-state index in [1.165, 1.54) is 25.7 Å². The first kappa shape index (κ1) is 13.4. The summed E-state index contributed by atoms with van der Waals surface area (Å²) in [5, 5.41) is 8.60. The van der Waals surface area contributed by atoms with Crippen molar-refractivity contribution in [1.82, 2.24) is 4.90 Å². The smallest absolute Gasteiger partial charge is 0.317 e. The molecule has 0 fully saturated rings. The molecule has 0 saturated carbocycles. The van der Waals surface area contributed by atoms with Crippen LogP contribution in [0.1, 0.15) is 46.0 Å². The van der Waals surface area contributed by atoms with Gasteiger partial charge in [0.25, 0.3) is 0 Å². The second kappa shape index (κ2) is 7.80. The Labute approximate surface area is 87.1 Å². The lowest BCUT2D eigenvalue weighted by Gasteiger charge is -2.22. The molecule has 0 aliphatic carbocycles. The molecule has 0 bridgehead atoms. The maximum absolute atomic E-state index is 10.4. The number of hydrogen-bond donors (Lipinski definition) is 1. The Balaban J connectivity index is 3.51. The zero-order valence-electron chi connectivity index (χ0n) is 9.62. The standard InChI is InChI=1S/C11H23NO2/c1-4-5-6-7-8-10(2)12(3)9-11(13)14/h10H,4-9H2,1-3H3,(H,13,14). The van der Waals surface area contributed by atoms with Gasteiger partial charge >= 0.3 is 5.97 Å². The molecule has 0 radical (unpaired) electrons. The van der Waals surface area contributed by atoms with Crippen molar-refractivity contribution < 1.29 is 9.90 Å². The highest BCUT2D eigenvalue weighted by Crippen LogP contribution is 2.08. The molecule has 1 unspecified atom stereocenters. The molecule has 0 saturated heterocycles. The van der Waals surface area contributed by atoms with Gasteiger partial charge in [0.1, 0.15) is 0 Å². The highest BCUT2D eigenvalue weighted by molar-refractivity contribution is 5.69. The fraction of sp³-hybridized carbons (Fsp3) is 0.909. The van der Waals surface area contributed by atoms with Crippen molar-refractivity contribution >= 4 is 5.97 Å². The number of aliphatic carboxylic acids is 1. The summed E-state index contributed by atoms with van der Waals surface area (Å²) in [5.74, 6) is -0.743. The first-order valence-corrected chi connectivity index (χ1v) is 5.50. The minimum absolute atomic E-state index is 0.148. The fourth-order valence-corrected chi connectivity index (χ4v) is 1.46. The summed E-state index contributed by atoms with van der Waals surface area (Å²) in [5.41, 5.74) is 0. The van der Waals surface area contributed by atoms with Crippen LogP contribution >= 0.6 is 0 Å². The third-order valence-corrected chi connectivity index (χ3v) is 2.61. The molecular weight excluding hydrogens is 178 g/mol. The molecule has 0 aromatic carbocycles. The summed E-state index contributed by atoms with van der Waals surface area (Å²) in [6, 6.07) is 0.378. The van der Waals surface area contributed by atoms with Crippen LogP contribution in [-0.4, -0.2) is 35.6 Å². The van der Waals surface area contributed by atoms with E-state index in [1.54, 1.807) is 0 Å². The molecule has 84 valence electrons. The molecular formula is C11H23NO2. The molecule has 14 heavy (non-hydrogen) atoms. The van der Waals surface area contributed by atoms with E-state index in [-0.39, 0.29) is 6.54 Å². The average Bonchev–Trinajstić information content (AvgIpc) is 2.11. The molecule has 1 atom stereocenters. The van der Waals surface area contributed by atoms with E-state index in [2.05, 4.69) is 13.8 Å². The number of nitrogens with zero attached hydrogens (tertiary/aromatic N) is 1. The number of carboxylic acids is 1. The van der Waals surface area contributed by atoms with Crippen LogP contribution in [0, 0.1) is 0 Å². The van der Waals surface area contributed by atoms with Crippen molar-refractivity contribution in [3.8, 4) is 0 Å². The second-order valence-corrected chi connectivity index (χ2v) is 4.01. The first-order chi connectivity index (χ1) is 6.57. The van der Waals surface area contributed by atoms with E-state index in [0.29, 0.717) is 6.04 Å². The van der Waals surface area contributed by atoms with E-state index in [4.69, 9.17) is 5.11 Å². The van der Waals surface area contributed by atoms with Crippen molar-refractivity contribution in [2.24, 2.45) is 0 Å². The summed E-state index contributed by atoms with van der Waals surface area (Å²) >= 11 is 0. The van der Waals surface area contributed by atoms with Gasteiger partial charge < -0.3 is 5.11 Å². The fourth-order valence-electron chi connectivity index (χ4n) is 1.46. The predicted octanol–water partition coefficient (Wildman–Crippen LogP) is 2.36. The van der Waals surface area contributed by atoms with E-state index < -0.39 is 5.97 Å². The molecule has 0 spiro atoms. The molecule has 0 aliphatic heterocycles. The van der Waals surface area contributed by atoms with Crippen LogP contribution in [0.2, 0.25) is 0 Å². The summed E-state index contributed by atoms with van der Waals surface area (Å²) in [6.07, 6.45) is 6.11. The predicted molar refractivity (Wildman–Crippen MR) is 58.5 cm³/mol. The maximum Gasteiger partial charge on any atom is 0.317 e. The lowest BCUT2D eigenvalue weighted by molar-refractivity contribution is -0.138. The van der Waals surface area contributed by atoms with Gasteiger partial charge in [-0.1, -0.05) is 32.6 Å². The van der Waals surface area contributed by atoms with Crippen LogP contribution < -0.4 is 0 Å².